The van der Waals surface area contributed by atoms with Crippen LogP contribution < -0.4 is 0 Å². The molecule has 0 saturated carbocycles. The second-order valence-electron chi connectivity index (χ2n) is 2.70. The number of terminal acetylenes is 1. The van der Waals surface area contributed by atoms with Gasteiger partial charge >= 0.3 is 0 Å². The predicted octanol–water partition coefficient (Wildman–Crippen LogP) is 3.47. The summed E-state index contributed by atoms with van der Waals surface area (Å²) in [6.07, 6.45) is 5.37. The molecule has 0 fully saturated rings. The Labute approximate surface area is 83.6 Å². The van der Waals surface area contributed by atoms with Gasteiger partial charge in [0.1, 0.15) is 0 Å². The van der Waals surface area contributed by atoms with Crippen molar-refractivity contribution in [2.45, 2.75) is 0 Å². The van der Waals surface area contributed by atoms with Crippen LogP contribution in [0.2, 0.25) is 5.02 Å². The molecule has 0 radical (unpaired) electrons. The van der Waals surface area contributed by atoms with Crippen LogP contribution in [0.25, 0.3) is 10.8 Å². The molecule has 13 heavy (non-hydrogen) atoms. The van der Waals surface area contributed by atoms with Gasteiger partial charge in [-0.15, -0.1) is 6.42 Å². The standard InChI is InChI=1S/C12H7Cl/c1-2-10-11-6-4-3-5-9(11)7-8-12(10)13/h1,3-8H/i6D. The van der Waals surface area contributed by atoms with E-state index in [1.807, 2.05) is 18.2 Å². The van der Waals surface area contributed by atoms with Crippen molar-refractivity contribution in [1.82, 2.24) is 0 Å². The number of fused-ring (bicyclic) bond motifs is 1. The largest absolute Gasteiger partial charge is 0.115 e. The minimum absolute atomic E-state index is 0.415. The molecule has 2 rings (SSSR count). The van der Waals surface area contributed by atoms with E-state index in [0.717, 1.165) is 10.8 Å². The molecule has 0 aromatic heterocycles. The average Bonchev–Trinajstić information content (AvgIpc) is 2.19. The van der Waals surface area contributed by atoms with E-state index in [1.165, 1.54) is 0 Å². The first-order valence-electron chi connectivity index (χ1n) is 4.38. The lowest BCUT2D eigenvalue weighted by atomic mass is 10.1. The Morgan fingerprint density at radius 1 is 1.31 bits per heavy atom. The number of hydrogen-bond donors (Lipinski definition) is 0. The summed E-state index contributed by atoms with van der Waals surface area (Å²) in [5.74, 6) is 2.53. The fraction of sp³-hybridized carbons (Fsp3) is 0. The second kappa shape index (κ2) is 3.12. The minimum Gasteiger partial charge on any atom is -0.115 e. The monoisotopic (exact) mass is 187 g/mol. The highest BCUT2D eigenvalue weighted by atomic mass is 35.5. The van der Waals surface area contributed by atoms with E-state index in [4.69, 9.17) is 19.4 Å². The van der Waals surface area contributed by atoms with Gasteiger partial charge in [-0.3, -0.25) is 0 Å². The lowest BCUT2D eigenvalue weighted by Gasteiger charge is -2.01. The summed E-state index contributed by atoms with van der Waals surface area (Å²) in [4.78, 5) is 0. The molecule has 0 N–H and O–H groups in total. The summed E-state index contributed by atoms with van der Waals surface area (Å²) in [5, 5.41) is 2.23. The maximum absolute atomic E-state index is 7.75. The maximum Gasteiger partial charge on any atom is 0.0630 e. The van der Waals surface area contributed by atoms with E-state index in [-0.39, 0.29) is 0 Å². The second-order valence-corrected chi connectivity index (χ2v) is 3.11. The Hall–Kier alpha value is -1.45. The summed E-state index contributed by atoms with van der Waals surface area (Å²) in [6.45, 7) is 0. The zero-order valence-corrected chi connectivity index (χ0v) is 7.60. The van der Waals surface area contributed by atoms with Crippen LogP contribution in [0, 0.1) is 12.3 Å². The average molecular weight is 188 g/mol. The van der Waals surface area contributed by atoms with Gasteiger partial charge in [-0.2, -0.15) is 0 Å². The molecule has 0 bridgehead atoms. The third kappa shape index (κ3) is 1.28. The Morgan fingerprint density at radius 2 is 2.15 bits per heavy atom. The summed E-state index contributed by atoms with van der Waals surface area (Å²) < 4.78 is 7.75. The fourth-order valence-electron chi connectivity index (χ4n) is 1.31. The highest BCUT2D eigenvalue weighted by molar-refractivity contribution is 6.32. The third-order valence-electron chi connectivity index (χ3n) is 1.93. The number of hydrogen-bond acceptors (Lipinski definition) is 0. The quantitative estimate of drug-likeness (QED) is 0.554. The minimum atomic E-state index is 0.415. The highest BCUT2D eigenvalue weighted by Crippen LogP contribution is 2.24. The van der Waals surface area contributed by atoms with Gasteiger partial charge in [0.2, 0.25) is 0 Å². The molecular formula is C12H7Cl. The van der Waals surface area contributed by atoms with E-state index < -0.39 is 0 Å². The molecule has 0 heterocycles. The van der Waals surface area contributed by atoms with Gasteiger partial charge in [0, 0.05) is 0 Å². The first-order chi connectivity index (χ1) is 6.74. The summed E-state index contributed by atoms with van der Waals surface area (Å²) >= 11 is 5.95. The van der Waals surface area contributed by atoms with Gasteiger partial charge in [-0.1, -0.05) is 47.8 Å². The van der Waals surface area contributed by atoms with Crippen LogP contribution in [-0.4, -0.2) is 0 Å². The van der Waals surface area contributed by atoms with Crippen LogP contribution in [0.4, 0.5) is 0 Å². The predicted molar refractivity (Wildman–Crippen MR) is 56.9 cm³/mol. The van der Waals surface area contributed by atoms with Crippen molar-refractivity contribution < 1.29 is 1.37 Å². The van der Waals surface area contributed by atoms with E-state index in [1.54, 1.807) is 12.1 Å². The molecule has 0 amide bonds. The number of rotatable bonds is 0. The summed E-state index contributed by atoms with van der Waals surface area (Å²) in [5.41, 5.74) is 0.606. The normalized spacial score (nSPS) is 10.9. The van der Waals surface area contributed by atoms with Crippen LogP contribution in [0.15, 0.2) is 36.4 Å². The molecule has 2 aromatic carbocycles. The van der Waals surface area contributed by atoms with Gasteiger partial charge in [0.15, 0.2) is 0 Å². The Morgan fingerprint density at radius 3 is 2.92 bits per heavy atom. The van der Waals surface area contributed by atoms with Crippen molar-refractivity contribution in [1.29, 1.82) is 0 Å². The van der Waals surface area contributed by atoms with Crippen LogP contribution in [-0.2, 0) is 0 Å². The van der Waals surface area contributed by atoms with E-state index in [0.29, 0.717) is 16.6 Å². The molecule has 0 saturated heterocycles. The molecule has 2 aromatic rings. The molecule has 0 aliphatic rings. The lowest BCUT2D eigenvalue weighted by molar-refractivity contribution is 1.70. The van der Waals surface area contributed by atoms with E-state index >= 15 is 0 Å². The van der Waals surface area contributed by atoms with Crippen molar-refractivity contribution in [3.05, 3.63) is 47.0 Å². The molecule has 1 heteroatoms. The topological polar surface area (TPSA) is 0 Å². The van der Waals surface area contributed by atoms with Crippen LogP contribution in [0.1, 0.15) is 6.93 Å². The lowest BCUT2D eigenvalue weighted by Crippen LogP contribution is -1.80. The van der Waals surface area contributed by atoms with Crippen molar-refractivity contribution in [3.63, 3.8) is 0 Å². The number of halogens is 1. The zero-order valence-electron chi connectivity index (χ0n) is 7.84. The van der Waals surface area contributed by atoms with Gasteiger partial charge in [-0.25, -0.2) is 0 Å². The third-order valence-corrected chi connectivity index (χ3v) is 2.25. The van der Waals surface area contributed by atoms with Gasteiger partial charge in [-0.05, 0) is 16.8 Å². The van der Waals surface area contributed by atoms with Crippen molar-refractivity contribution in [2.24, 2.45) is 0 Å². The molecule has 0 aliphatic heterocycles. The first kappa shape index (κ1) is 7.00. The Kier molecular flexibility index (Phi) is 1.68. The highest BCUT2D eigenvalue weighted by Gasteiger charge is 2.01. The summed E-state index contributed by atoms with van der Waals surface area (Å²) in [7, 11) is 0. The first-order valence-corrected chi connectivity index (χ1v) is 4.26. The SMILES string of the molecule is [2H]c1cccc2ccc(Cl)c(C#C)c12. The molecular weight excluding hydrogens is 180 g/mol. The molecule has 0 aliphatic carbocycles. The molecule has 0 atom stereocenters. The van der Waals surface area contributed by atoms with Gasteiger partial charge in [0.05, 0.1) is 12.0 Å². The molecule has 0 unspecified atom stereocenters. The van der Waals surface area contributed by atoms with Gasteiger partial charge in [0.25, 0.3) is 0 Å². The molecule has 62 valence electrons. The van der Waals surface area contributed by atoms with Crippen molar-refractivity contribution >= 4 is 22.4 Å². The number of benzene rings is 2. The fourth-order valence-corrected chi connectivity index (χ4v) is 1.52. The maximum atomic E-state index is 7.75. The van der Waals surface area contributed by atoms with Crippen LogP contribution in [0.3, 0.4) is 0 Å². The molecule has 0 spiro atoms. The van der Waals surface area contributed by atoms with Crippen LogP contribution >= 0.6 is 11.6 Å². The summed E-state index contributed by atoms with van der Waals surface area (Å²) in [6, 6.07) is 9.51. The van der Waals surface area contributed by atoms with Gasteiger partial charge < -0.3 is 0 Å². The van der Waals surface area contributed by atoms with Crippen molar-refractivity contribution in [2.75, 3.05) is 0 Å². The van der Waals surface area contributed by atoms with Crippen molar-refractivity contribution in [3.8, 4) is 12.3 Å². The smallest absolute Gasteiger partial charge is 0.0630 e. The Balaban J connectivity index is 3.01. The van der Waals surface area contributed by atoms with E-state index in [2.05, 4.69) is 5.92 Å². The van der Waals surface area contributed by atoms with E-state index in [9.17, 15) is 0 Å². The molecule has 0 nitrogen and oxygen atoms in total. The zero-order chi connectivity index (χ0) is 10.1. The van der Waals surface area contributed by atoms with Crippen LogP contribution in [0.5, 0.6) is 0 Å². The Bertz CT molecular complexity index is 538.